The summed E-state index contributed by atoms with van der Waals surface area (Å²) in [7, 11) is 0. The van der Waals surface area contributed by atoms with Crippen LogP contribution in [0.4, 0.5) is 0 Å². The number of aromatic hydroxyl groups is 3. The van der Waals surface area contributed by atoms with Gasteiger partial charge in [-0.05, 0) is 30.7 Å². The minimum absolute atomic E-state index is 0.0725. The molecule has 0 spiro atoms. The molecule has 102 valence electrons. The number of cyclic esters (lactones) is 1. The zero-order valence-corrected chi connectivity index (χ0v) is 10.6. The number of fused-ring (bicyclic) bond motifs is 1. The van der Waals surface area contributed by atoms with Crippen LogP contribution in [0.1, 0.15) is 33.2 Å². The fourth-order valence-electron chi connectivity index (χ4n) is 2.48. The molecular formula is C15H12O5. The van der Waals surface area contributed by atoms with Crippen LogP contribution < -0.4 is 0 Å². The van der Waals surface area contributed by atoms with E-state index in [2.05, 4.69) is 0 Å². The molecule has 0 bridgehead atoms. The summed E-state index contributed by atoms with van der Waals surface area (Å²) >= 11 is 0. The molecule has 5 nitrogen and oxygen atoms in total. The van der Waals surface area contributed by atoms with Crippen LogP contribution >= 0.6 is 0 Å². The van der Waals surface area contributed by atoms with Crippen molar-refractivity contribution >= 4 is 5.97 Å². The van der Waals surface area contributed by atoms with Crippen molar-refractivity contribution in [3.8, 4) is 17.2 Å². The van der Waals surface area contributed by atoms with Crippen molar-refractivity contribution in [3.63, 3.8) is 0 Å². The maximum Gasteiger partial charge on any atom is 0.343 e. The lowest BCUT2D eigenvalue weighted by Gasteiger charge is -2.14. The quantitative estimate of drug-likeness (QED) is 0.694. The lowest BCUT2D eigenvalue weighted by molar-refractivity contribution is 0.0448. The maximum atomic E-state index is 11.9. The molecule has 0 fully saturated rings. The molecule has 5 heteroatoms. The van der Waals surface area contributed by atoms with E-state index in [-0.39, 0.29) is 28.4 Å². The molecule has 0 aliphatic carbocycles. The number of phenolic OH excluding ortho intramolecular Hbond substituents is 3. The van der Waals surface area contributed by atoms with Crippen molar-refractivity contribution in [2.24, 2.45) is 0 Å². The van der Waals surface area contributed by atoms with Gasteiger partial charge in [0.2, 0.25) is 0 Å². The SMILES string of the molecule is Cc1cc(O)c2c(c1)[C@@H](c1c(O)cccc1O)OC2=O. The Hall–Kier alpha value is -2.69. The van der Waals surface area contributed by atoms with Crippen molar-refractivity contribution in [2.45, 2.75) is 13.0 Å². The summed E-state index contributed by atoms with van der Waals surface area (Å²) in [6.45, 7) is 1.77. The molecule has 0 amide bonds. The monoisotopic (exact) mass is 272 g/mol. The standard InChI is InChI=1S/C15H12O5/c1-7-5-8-12(11(18)6-7)15(19)20-14(8)13-9(16)3-2-4-10(13)17/h2-6,14,16-18H,1H3/t14-/m0/s1. The van der Waals surface area contributed by atoms with Gasteiger partial charge in [0.05, 0.1) is 5.56 Å². The summed E-state index contributed by atoms with van der Waals surface area (Å²) in [6, 6.07) is 7.44. The first-order chi connectivity index (χ1) is 9.49. The third kappa shape index (κ3) is 1.67. The third-order valence-electron chi connectivity index (χ3n) is 3.33. The van der Waals surface area contributed by atoms with Gasteiger partial charge in [-0.15, -0.1) is 0 Å². The zero-order chi connectivity index (χ0) is 14.4. The Balaban J connectivity index is 2.24. The second-order valence-corrected chi connectivity index (χ2v) is 4.74. The second-order valence-electron chi connectivity index (χ2n) is 4.74. The van der Waals surface area contributed by atoms with E-state index in [1.165, 1.54) is 24.3 Å². The Morgan fingerprint density at radius 3 is 2.35 bits per heavy atom. The molecule has 0 saturated carbocycles. The number of hydrogen-bond acceptors (Lipinski definition) is 5. The molecule has 1 atom stereocenters. The summed E-state index contributed by atoms with van der Waals surface area (Å²) in [5.74, 6) is -1.18. The molecular weight excluding hydrogens is 260 g/mol. The van der Waals surface area contributed by atoms with Crippen LogP contribution in [0.5, 0.6) is 17.2 Å². The Labute approximate surface area is 114 Å². The number of hydrogen-bond donors (Lipinski definition) is 3. The normalized spacial score (nSPS) is 16.9. The van der Waals surface area contributed by atoms with Crippen LogP contribution in [0, 0.1) is 6.92 Å². The summed E-state index contributed by atoms with van der Waals surface area (Å²) in [6.07, 6.45) is -0.926. The predicted molar refractivity (Wildman–Crippen MR) is 69.9 cm³/mol. The van der Waals surface area contributed by atoms with Crippen molar-refractivity contribution in [1.29, 1.82) is 0 Å². The number of carbonyl (C=O) groups excluding carboxylic acids is 1. The number of aryl methyl sites for hydroxylation is 1. The highest BCUT2D eigenvalue weighted by atomic mass is 16.6. The molecule has 3 N–H and O–H groups in total. The fourth-order valence-corrected chi connectivity index (χ4v) is 2.48. The van der Waals surface area contributed by atoms with Crippen LogP contribution in [-0.4, -0.2) is 21.3 Å². The summed E-state index contributed by atoms with van der Waals surface area (Å²) in [5.41, 5.74) is 1.37. The highest BCUT2D eigenvalue weighted by Gasteiger charge is 2.37. The Morgan fingerprint density at radius 2 is 1.70 bits per heavy atom. The molecule has 2 aromatic rings. The summed E-state index contributed by atoms with van der Waals surface area (Å²) < 4.78 is 5.20. The minimum atomic E-state index is -0.926. The van der Waals surface area contributed by atoms with Crippen LogP contribution in [-0.2, 0) is 4.74 Å². The number of esters is 1. The highest BCUT2D eigenvalue weighted by Crippen LogP contribution is 2.45. The van der Waals surface area contributed by atoms with Crippen LogP contribution in [0.3, 0.4) is 0 Å². The Kier molecular flexibility index (Phi) is 2.57. The molecule has 0 aromatic heterocycles. The minimum Gasteiger partial charge on any atom is -0.507 e. The van der Waals surface area contributed by atoms with Gasteiger partial charge < -0.3 is 20.1 Å². The predicted octanol–water partition coefficient (Wildman–Crippen LogP) is 2.37. The van der Waals surface area contributed by atoms with Gasteiger partial charge in [0.25, 0.3) is 0 Å². The maximum absolute atomic E-state index is 11.9. The van der Waals surface area contributed by atoms with E-state index in [0.29, 0.717) is 5.56 Å². The Bertz CT molecular complexity index is 700. The average molecular weight is 272 g/mol. The fraction of sp³-hybridized carbons (Fsp3) is 0.133. The molecule has 0 saturated heterocycles. The van der Waals surface area contributed by atoms with Crippen molar-refractivity contribution in [2.75, 3.05) is 0 Å². The smallest absolute Gasteiger partial charge is 0.343 e. The van der Waals surface area contributed by atoms with Gasteiger partial charge in [-0.3, -0.25) is 0 Å². The van der Waals surface area contributed by atoms with Crippen molar-refractivity contribution < 1.29 is 24.9 Å². The number of ether oxygens (including phenoxy) is 1. The first-order valence-corrected chi connectivity index (χ1v) is 6.04. The van der Waals surface area contributed by atoms with Crippen LogP contribution in [0.15, 0.2) is 30.3 Å². The number of rotatable bonds is 1. The lowest BCUT2D eigenvalue weighted by Crippen LogP contribution is -2.01. The Morgan fingerprint density at radius 1 is 1.05 bits per heavy atom. The van der Waals surface area contributed by atoms with E-state index in [9.17, 15) is 20.1 Å². The van der Waals surface area contributed by atoms with Gasteiger partial charge in [0.1, 0.15) is 22.8 Å². The van der Waals surface area contributed by atoms with Gasteiger partial charge in [-0.2, -0.15) is 0 Å². The van der Waals surface area contributed by atoms with Gasteiger partial charge >= 0.3 is 5.97 Å². The topological polar surface area (TPSA) is 87.0 Å². The number of benzene rings is 2. The largest absolute Gasteiger partial charge is 0.507 e. The second kappa shape index (κ2) is 4.16. The molecule has 2 aromatic carbocycles. The van der Waals surface area contributed by atoms with E-state index in [1.807, 2.05) is 0 Å². The molecule has 0 radical (unpaired) electrons. The molecule has 1 heterocycles. The van der Waals surface area contributed by atoms with Crippen molar-refractivity contribution in [3.05, 3.63) is 52.6 Å². The molecule has 1 aliphatic rings. The highest BCUT2D eigenvalue weighted by molar-refractivity contribution is 5.97. The zero-order valence-electron chi connectivity index (χ0n) is 10.6. The van der Waals surface area contributed by atoms with Crippen LogP contribution in [0.2, 0.25) is 0 Å². The van der Waals surface area contributed by atoms with Crippen molar-refractivity contribution in [1.82, 2.24) is 0 Å². The van der Waals surface area contributed by atoms with E-state index >= 15 is 0 Å². The van der Waals surface area contributed by atoms with E-state index in [1.54, 1.807) is 13.0 Å². The van der Waals surface area contributed by atoms with Gasteiger partial charge in [-0.1, -0.05) is 12.1 Å². The van der Waals surface area contributed by atoms with E-state index in [0.717, 1.165) is 5.56 Å². The molecule has 1 aliphatic heterocycles. The first kappa shape index (κ1) is 12.3. The van der Waals surface area contributed by atoms with Crippen LogP contribution in [0.25, 0.3) is 0 Å². The van der Waals surface area contributed by atoms with E-state index < -0.39 is 12.1 Å². The molecule has 3 rings (SSSR count). The summed E-state index contributed by atoms with van der Waals surface area (Å²) in [5, 5.41) is 29.6. The first-order valence-electron chi connectivity index (χ1n) is 6.04. The molecule has 20 heavy (non-hydrogen) atoms. The number of carbonyl (C=O) groups is 1. The van der Waals surface area contributed by atoms with Gasteiger partial charge in [-0.25, -0.2) is 4.79 Å². The van der Waals surface area contributed by atoms with Gasteiger partial charge in [0.15, 0.2) is 6.10 Å². The number of phenols is 3. The summed E-state index contributed by atoms with van der Waals surface area (Å²) in [4.78, 5) is 11.9. The lowest BCUT2D eigenvalue weighted by atomic mass is 9.95. The third-order valence-corrected chi connectivity index (χ3v) is 3.33. The van der Waals surface area contributed by atoms with Gasteiger partial charge in [0, 0.05) is 5.56 Å². The van der Waals surface area contributed by atoms with E-state index in [4.69, 9.17) is 4.74 Å². The average Bonchev–Trinajstić information content (AvgIpc) is 2.66. The molecule has 0 unspecified atom stereocenters.